The van der Waals surface area contributed by atoms with Crippen molar-refractivity contribution < 1.29 is 4.39 Å². The van der Waals surface area contributed by atoms with Crippen LogP contribution in [0, 0.1) is 5.82 Å². The van der Waals surface area contributed by atoms with Crippen molar-refractivity contribution in [3.05, 3.63) is 40.1 Å². The molecule has 21 heavy (non-hydrogen) atoms. The lowest BCUT2D eigenvalue weighted by atomic mass is 10.1. The third-order valence-electron chi connectivity index (χ3n) is 3.26. The lowest BCUT2D eigenvalue weighted by Gasteiger charge is -2.15. The Kier molecular flexibility index (Phi) is 5.19. The van der Waals surface area contributed by atoms with E-state index in [1.807, 2.05) is 27.0 Å². The fourth-order valence-corrected chi connectivity index (χ4v) is 3.11. The van der Waals surface area contributed by atoms with E-state index in [1.54, 1.807) is 6.07 Å². The van der Waals surface area contributed by atoms with Crippen molar-refractivity contribution in [1.82, 2.24) is 20.1 Å². The molecule has 0 amide bonds. The van der Waals surface area contributed by atoms with Gasteiger partial charge in [-0.05, 0) is 43.8 Å². The molecular formula is C14H19FN4OS. The van der Waals surface area contributed by atoms with Crippen LogP contribution in [0.3, 0.4) is 0 Å². The maximum Gasteiger partial charge on any atom is 0.343 e. The van der Waals surface area contributed by atoms with Crippen molar-refractivity contribution in [2.75, 3.05) is 7.05 Å². The van der Waals surface area contributed by atoms with Crippen LogP contribution in [0.4, 0.5) is 4.39 Å². The number of nitrogens with one attached hydrogen (secondary N) is 2. The first-order valence-corrected chi connectivity index (χ1v) is 7.68. The predicted molar refractivity (Wildman–Crippen MR) is 81.1 cm³/mol. The molecule has 1 aromatic carbocycles. The van der Waals surface area contributed by atoms with E-state index in [2.05, 4.69) is 15.5 Å². The van der Waals surface area contributed by atoms with Crippen molar-refractivity contribution in [1.29, 1.82) is 0 Å². The molecule has 1 heterocycles. The van der Waals surface area contributed by atoms with E-state index in [4.69, 9.17) is 0 Å². The summed E-state index contributed by atoms with van der Waals surface area (Å²) in [6.07, 6.45) is 0.810. The van der Waals surface area contributed by atoms with Gasteiger partial charge in [0.2, 0.25) is 0 Å². The second-order valence-corrected chi connectivity index (χ2v) is 5.71. The van der Waals surface area contributed by atoms with Crippen LogP contribution in [0.1, 0.15) is 31.9 Å². The largest absolute Gasteiger partial charge is 0.343 e. The molecule has 5 nitrogen and oxygen atoms in total. The molecule has 0 aliphatic heterocycles. The van der Waals surface area contributed by atoms with Gasteiger partial charge in [-0.15, -0.1) is 5.10 Å². The second kappa shape index (κ2) is 6.91. The number of aromatic amines is 1. The van der Waals surface area contributed by atoms with Crippen LogP contribution in [0.5, 0.6) is 0 Å². The van der Waals surface area contributed by atoms with Crippen molar-refractivity contribution in [3.8, 4) is 0 Å². The van der Waals surface area contributed by atoms with E-state index < -0.39 is 0 Å². The Morgan fingerprint density at radius 2 is 2.29 bits per heavy atom. The van der Waals surface area contributed by atoms with Crippen LogP contribution in [-0.2, 0) is 6.54 Å². The normalized spacial score (nSPS) is 12.6. The summed E-state index contributed by atoms with van der Waals surface area (Å²) in [5.41, 5.74) is 0.583. The lowest BCUT2D eigenvalue weighted by molar-refractivity contribution is 0.572. The minimum absolute atomic E-state index is 0.00786. The summed E-state index contributed by atoms with van der Waals surface area (Å²) < 4.78 is 15.7. The van der Waals surface area contributed by atoms with Crippen LogP contribution in [0.25, 0.3) is 0 Å². The molecule has 0 fully saturated rings. The number of halogens is 1. The molecule has 1 unspecified atom stereocenters. The monoisotopic (exact) mass is 310 g/mol. The third-order valence-corrected chi connectivity index (χ3v) is 4.39. The number of hydrogen-bond acceptors (Lipinski definition) is 4. The van der Waals surface area contributed by atoms with Crippen molar-refractivity contribution in [2.24, 2.45) is 0 Å². The number of nitrogens with zero attached hydrogens (tertiary/aromatic N) is 2. The lowest BCUT2D eigenvalue weighted by Crippen LogP contribution is -2.17. The quantitative estimate of drug-likeness (QED) is 0.861. The minimum atomic E-state index is -0.307. The van der Waals surface area contributed by atoms with Crippen LogP contribution in [0.2, 0.25) is 0 Å². The molecule has 0 radical (unpaired) electrons. The summed E-state index contributed by atoms with van der Waals surface area (Å²) >= 11 is 1.18. The molecule has 2 aromatic rings. The number of benzene rings is 1. The zero-order valence-electron chi connectivity index (χ0n) is 12.3. The van der Waals surface area contributed by atoms with Gasteiger partial charge in [-0.2, -0.15) is 0 Å². The first-order chi connectivity index (χ1) is 10.1. The summed E-state index contributed by atoms with van der Waals surface area (Å²) in [5, 5.41) is 10.0. The average molecular weight is 310 g/mol. The number of H-pyrrole nitrogens is 1. The Bertz CT molecular complexity index is 667. The molecule has 0 spiro atoms. The SMILES string of the molecule is CCCn1c(Sc2c(F)cccc2C(C)NC)n[nH]c1=O. The molecule has 2 rings (SSSR count). The molecule has 0 aliphatic rings. The Morgan fingerprint density at radius 1 is 1.52 bits per heavy atom. The fraction of sp³-hybridized carbons (Fsp3) is 0.429. The van der Waals surface area contributed by atoms with E-state index >= 15 is 0 Å². The zero-order chi connectivity index (χ0) is 15.4. The van der Waals surface area contributed by atoms with E-state index in [9.17, 15) is 9.18 Å². The highest BCUT2D eigenvalue weighted by atomic mass is 32.2. The number of rotatable bonds is 6. The van der Waals surface area contributed by atoms with Gasteiger partial charge in [0.05, 0.1) is 4.90 Å². The summed E-state index contributed by atoms with van der Waals surface area (Å²) in [6, 6.07) is 4.99. The van der Waals surface area contributed by atoms with E-state index in [-0.39, 0.29) is 17.5 Å². The van der Waals surface area contributed by atoms with E-state index in [0.29, 0.717) is 16.6 Å². The predicted octanol–water partition coefficient (Wildman–Crippen LogP) is 2.55. The second-order valence-electron chi connectivity index (χ2n) is 4.73. The summed E-state index contributed by atoms with van der Waals surface area (Å²) in [4.78, 5) is 12.2. The zero-order valence-corrected chi connectivity index (χ0v) is 13.1. The molecule has 0 aliphatic carbocycles. The number of aromatic nitrogens is 3. The van der Waals surface area contributed by atoms with Gasteiger partial charge >= 0.3 is 5.69 Å². The van der Waals surface area contributed by atoms with Gasteiger partial charge in [0.1, 0.15) is 5.82 Å². The fourth-order valence-electron chi connectivity index (χ4n) is 2.02. The minimum Gasteiger partial charge on any atom is -0.313 e. The van der Waals surface area contributed by atoms with Gasteiger partial charge in [-0.1, -0.05) is 19.1 Å². The smallest absolute Gasteiger partial charge is 0.313 e. The van der Waals surface area contributed by atoms with Gasteiger partial charge < -0.3 is 5.32 Å². The molecule has 1 atom stereocenters. The van der Waals surface area contributed by atoms with Crippen LogP contribution < -0.4 is 11.0 Å². The Balaban J connectivity index is 2.42. The molecule has 7 heteroatoms. The van der Waals surface area contributed by atoms with E-state index in [1.165, 1.54) is 22.4 Å². The molecule has 0 bridgehead atoms. The summed E-state index contributed by atoms with van der Waals surface area (Å²) in [6.45, 7) is 4.50. The van der Waals surface area contributed by atoms with Gasteiger partial charge in [-0.3, -0.25) is 4.57 Å². The summed E-state index contributed by atoms with van der Waals surface area (Å²) in [5.74, 6) is -0.307. The molecular weight excluding hydrogens is 291 g/mol. The van der Waals surface area contributed by atoms with Gasteiger partial charge in [0.15, 0.2) is 5.16 Å². The molecule has 0 saturated heterocycles. The van der Waals surface area contributed by atoms with Crippen LogP contribution in [0.15, 0.2) is 33.0 Å². The highest BCUT2D eigenvalue weighted by Gasteiger charge is 2.18. The highest BCUT2D eigenvalue weighted by molar-refractivity contribution is 7.99. The maximum absolute atomic E-state index is 14.2. The van der Waals surface area contributed by atoms with Crippen molar-refractivity contribution in [3.63, 3.8) is 0 Å². The molecule has 0 saturated carbocycles. The third kappa shape index (κ3) is 3.36. The first kappa shape index (κ1) is 15.8. The van der Waals surface area contributed by atoms with Crippen molar-refractivity contribution in [2.45, 2.75) is 42.9 Å². The molecule has 114 valence electrons. The van der Waals surface area contributed by atoms with Crippen LogP contribution >= 0.6 is 11.8 Å². The van der Waals surface area contributed by atoms with Gasteiger partial charge in [0.25, 0.3) is 0 Å². The molecule has 2 N–H and O–H groups in total. The Labute approximate surface area is 127 Å². The van der Waals surface area contributed by atoms with Crippen molar-refractivity contribution >= 4 is 11.8 Å². The number of hydrogen-bond donors (Lipinski definition) is 2. The van der Waals surface area contributed by atoms with Crippen LogP contribution in [-0.4, -0.2) is 21.8 Å². The molecule has 1 aromatic heterocycles. The standard InChI is InChI=1S/C14H19FN4OS/c1-4-8-19-13(20)17-18-14(19)21-12-10(9(2)16-3)6-5-7-11(12)15/h5-7,9,16H,4,8H2,1-3H3,(H,17,20). The van der Waals surface area contributed by atoms with E-state index in [0.717, 1.165) is 12.0 Å². The first-order valence-electron chi connectivity index (χ1n) is 6.87. The highest BCUT2D eigenvalue weighted by Crippen LogP contribution is 2.33. The average Bonchev–Trinajstić information content (AvgIpc) is 2.82. The van der Waals surface area contributed by atoms with Gasteiger partial charge in [-0.25, -0.2) is 14.3 Å². The topological polar surface area (TPSA) is 62.7 Å². The summed E-state index contributed by atoms with van der Waals surface area (Å²) in [7, 11) is 1.82. The van der Waals surface area contributed by atoms with Gasteiger partial charge in [0, 0.05) is 12.6 Å². The Hall–Kier alpha value is -1.60. The Morgan fingerprint density at radius 3 is 2.95 bits per heavy atom. The maximum atomic E-state index is 14.2.